The molecule has 9 aromatic carbocycles. The SMILES string of the molecule is CC1(C)c2ccc(-c3ccc(-c4nc(-c5ccc(-c6ccccc6)cc5)cc(-c5ccccc5-c5ccccc5)n4)c4ccccc34)cc2-c2c1ccc1ccccc21. The number of hydrogen-bond acceptors (Lipinski definition) is 2. The van der Waals surface area contributed by atoms with Crippen LogP contribution in [-0.4, -0.2) is 9.97 Å². The Morgan fingerprint density at radius 3 is 1.63 bits per heavy atom. The maximum absolute atomic E-state index is 5.41. The molecule has 2 heteroatoms. The summed E-state index contributed by atoms with van der Waals surface area (Å²) < 4.78 is 0. The molecule has 0 N–H and O–H groups in total. The molecule has 0 spiro atoms. The van der Waals surface area contributed by atoms with Crippen LogP contribution < -0.4 is 0 Å². The van der Waals surface area contributed by atoms with Crippen molar-refractivity contribution in [2.24, 2.45) is 0 Å². The highest BCUT2D eigenvalue weighted by molar-refractivity contribution is 6.07. The fourth-order valence-corrected chi connectivity index (χ4v) is 9.33. The molecule has 59 heavy (non-hydrogen) atoms. The molecule has 2 nitrogen and oxygen atoms in total. The first-order valence-electron chi connectivity index (χ1n) is 20.4. The minimum Gasteiger partial charge on any atom is -0.228 e. The Morgan fingerprint density at radius 1 is 0.322 bits per heavy atom. The molecule has 0 radical (unpaired) electrons. The number of fused-ring (bicyclic) bond motifs is 6. The molecule has 0 aliphatic heterocycles. The van der Waals surface area contributed by atoms with Gasteiger partial charge in [-0.3, -0.25) is 0 Å². The fraction of sp³-hybridized carbons (Fsp3) is 0.0526. The van der Waals surface area contributed by atoms with Crippen molar-refractivity contribution in [3.05, 3.63) is 217 Å². The lowest BCUT2D eigenvalue weighted by atomic mass is 9.81. The summed E-state index contributed by atoms with van der Waals surface area (Å²) >= 11 is 0. The molecule has 1 heterocycles. The molecule has 1 aliphatic carbocycles. The number of hydrogen-bond donors (Lipinski definition) is 0. The topological polar surface area (TPSA) is 25.8 Å². The largest absolute Gasteiger partial charge is 0.228 e. The highest BCUT2D eigenvalue weighted by Crippen LogP contribution is 2.52. The second kappa shape index (κ2) is 13.9. The molecule has 0 amide bonds. The summed E-state index contributed by atoms with van der Waals surface area (Å²) in [7, 11) is 0. The molecule has 278 valence electrons. The van der Waals surface area contributed by atoms with Crippen LogP contribution in [0, 0.1) is 0 Å². The van der Waals surface area contributed by atoms with Crippen molar-refractivity contribution in [3.8, 4) is 78.4 Å². The first-order valence-corrected chi connectivity index (χ1v) is 20.4. The number of rotatable bonds is 6. The Bertz CT molecular complexity index is 3220. The van der Waals surface area contributed by atoms with Gasteiger partial charge in [-0.2, -0.15) is 0 Å². The molecule has 1 aliphatic rings. The third-order valence-electron chi connectivity index (χ3n) is 12.3. The number of aromatic nitrogens is 2. The summed E-state index contributed by atoms with van der Waals surface area (Å²) in [5.41, 5.74) is 17.3. The highest BCUT2D eigenvalue weighted by atomic mass is 14.9. The molecule has 0 bridgehead atoms. The molecule has 11 rings (SSSR count). The zero-order chi connectivity index (χ0) is 39.5. The molecule has 0 unspecified atom stereocenters. The van der Waals surface area contributed by atoms with Gasteiger partial charge in [0.05, 0.1) is 11.4 Å². The van der Waals surface area contributed by atoms with E-state index in [-0.39, 0.29) is 5.41 Å². The monoisotopic (exact) mass is 752 g/mol. The van der Waals surface area contributed by atoms with Crippen molar-refractivity contribution >= 4 is 21.5 Å². The van der Waals surface area contributed by atoms with Crippen molar-refractivity contribution in [1.82, 2.24) is 9.97 Å². The normalized spacial score (nSPS) is 12.7. The molecule has 0 saturated heterocycles. The predicted octanol–water partition coefficient (Wildman–Crippen LogP) is 15.1. The second-order valence-electron chi connectivity index (χ2n) is 16.1. The molecule has 0 atom stereocenters. The van der Waals surface area contributed by atoms with Crippen molar-refractivity contribution in [2.75, 3.05) is 0 Å². The van der Waals surface area contributed by atoms with Gasteiger partial charge < -0.3 is 0 Å². The lowest BCUT2D eigenvalue weighted by Gasteiger charge is -2.22. The van der Waals surface area contributed by atoms with Crippen LogP contribution in [0.15, 0.2) is 206 Å². The zero-order valence-corrected chi connectivity index (χ0v) is 33.0. The predicted molar refractivity (Wildman–Crippen MR) is 247 cm³/mol. The minimum atomic E-state index is -0.0831. The molecule has 0 fully saturated rings. The van der Waals surface area contributed by atoms with Crippen molar-refractivity contribution < 1.29 is 0 Å². The average molecular weight is 753 g/mol. The van der Waals surface area contributed by atoms with E-state index in [1.807, 2.05) is 0 Å². The van der Waals surface area contributed by atoms with E-state index >= 15 is 0 Å². The third-order valence-corrected chi connectivity index (χ3v) is 12.3. The van der Waals surface area contributed by atoms with Crippen LogP contribution in [0.4, 0.5) is 0 Å². The average Bonchev–Trinajstić information content (AvgIpc) is 3.54. The van der Waals surface area contributed by atoms with E-state index in [0.717, 1.165) is 44.6 Å². The summed E-state index contributed by atoms with van der Waals surface area (Å²) in [4.78, 5) is 10.8. The van der Waals surface area contributed by atoms with Crippen molar-refractivity contribution in [1.29, 1.82) is 0 Å². The van der Waals surface area contributed by atoms with Gasteiger partial charge in [0, 0.05) is 22.1 Å². The van der Waals surface area contributed by atoms with Gasteiger partial charge in [-0.15, -0.1) is 0 Å². The zero-order valence-electron chi connectivity index (χ0n) is 33.0. The summed E-state index contributed by atoms with van der Waals surface area (Å²) in [6.45, 7) is 4.71. The lowest BCUT2D eigenvalue weighted by molar-refractivity contribution is 0.661. The van der Waals surface area contributed by atoms with Gasteiger partial charge in [-0.1, -0.05) is 202 Å². The van der Waals surface area contributed by atoms with Gasteiger partial charge in [-0.05, 0) is 95.4 Å². The van der Waals surface area contributed by atoms with Gasteiger partial charge in [0.2, 0.25) is 0 Å². The Kier molecular flexibility index (Phi) is 8.20. The second-order valence-corrected chi connectivity index (χ2v) is 16.1. The Morgan fingerprint density at radius 2 is 0.864 bits per heavy atom. The van der Waals surface area contributed by atoms with E-state index in [9.17, 15) is 0 Å². The quantitative estimate of drug-likeness (QED) is 0.169. The Labute approximate surface area is 345 Å². The summed E-state index contributed by atoms with van der Waals surface area (Å²) in [5, 5.41) is 4.88. The minimum absolute atomic E-state index is 0.0831. The maximum Gasteiger partial charge on any atom is 0.161 e. The molecular formula is C57H40N2. The van der Waals surface area contributed by atoms with Crippen molar-refractivity contribution in [2.45, 2.75) is 19.3 Å². The van der Waals surface area contributed by atoms with E-state index in [4.69, 9.17) is 9.97 Å². The van der Waals surface area contributed by atoms with Crippen molar-refractivity contribution in [3.63, 3.8) is 0 Å². The fourth-order valence-electron chi connectivity index (χ4n) is 9.33. The van der Waals surface area contributed by atoms with Crippen LogP contribution in [0.1, 0.15) is 25.0 Å². The smallest absolute Gasteiger partial charge is 0.161 e. The highest BCUT2D eigenvalue weighted by Gasteiger charge is 2.36. The van der Waals surface area contributed by atoms with E-state index < -0.39 is 0 Å². The molecule has 0 saturated carbocycles. The van der Waals surface area contributed by atoms with Gasteiger partial charge in [0.15, 0.2) is 5.82 Å². The number of benzene rings is 9. The number of nitrogens with zero attached hydrogens (tertiary/aromatic N) is 2. The first-order chi connectivity index (χ1) is 29.0. The van der Waals surface area contributed by atoms with Crippen LogP contribution in [0.2, 0.25) is 0 Å². The van der Waals surface area contributed by atoms with Gasteiger partial charge in [-0.25, -0.2) is 9.97 Å². The third kappa shape index (κ3) is 5.87. The van der Waals surface area contributed by atoms with E-state index in [1.165, 1.54) is 60.7 Å². The first kappa shape index (κ1) is 34.8. The maximum atomic E-state index is 5.41. The van der Waals surface area contributed by atoms with Crippen LogP contribution in [0.25, 0.3) is 100.0 Å². The lowest BCUT2D eigenvalue weighted by Crippen LogP contribution is -2.14. The molecule has 10 aromatic rings. The molecule has 1 aromatic heterocycles. The van der Waals surface area contributed by atoms with Crippen LogP contribution in [0.5, 0.6) is 0 Å². The van der Waals surface area contributed by atoms with Crippen LogP contribution in [-0.2, 0) is 5.41 Å². The summed E-state index contributed by atoms with van der Waals surface area (Å²) in [6.07, 6.45) is 0. The van der Waals surface area contributed by atoms with E-state index in [2.05, 4.69) is 220 Å². The van der Waals surface area contributed by atoms with Crippen LogP contribution in [0.3, 0.4) is 0 Å². The Balaban J connectivity index is 1.08. The van der Waals surface area contributed by atoms with Crippen LogP contribution >= 0.6 is 0 Å². The van der Waals surface area contributed by atoms with Gasteiger partial charge >= 0.3 is 0 Å². The van der Waals surface area contributed by atoms with E-state index in [0.29, 0.717) is 5.82 Å². The summed E-state index contributed by atoms with van der Waals surface area (Å²) in [5.74, 6) is 0.700. The van der Waals surface area contributed by atoms with Gasteiger partial charge in [0.25, 0.3) is 0 Å². The van der Waals surface area contributed by atoms with Gasteiger partial charge in [0.1, 0.15) is 0 Å². The Hall–Kier alpha value is -7.42. The van der Waals surface area contributed by atoms with E-state index in [1.54, 1.807) is 0 Å². The summed E-state index contributed by atoms with van der Waals surface area (Å²) in [6, 6.07) is 74.2. The standard InChI is InChI=1S/C57H40N2/c1-57(2)51-33-30-42(35-50(51)55-45-21-10-9-19-40(45)29-34-52(55)57)44-31-32-49(47-23-13-12-22-46(44)47)56-58-53(41-27-25-38(26-28-41)37-15-5-3-6-16-37)36-54(59-56)48-24-14-11-20-43(48)39-17-7-4-8-18-39/h3-36H,1-2H3. The molecular weight excluding hydrogens is 713 g/mol.